The average Bonchev–Trinajstić information content (AvgIpc) is 3.10. The van der Waals surface area contributed by atoms with Crippen molar-refractivity contribution in [3.05, 3.63) is 169 Å². The minimum atomic E-state index is 0.741. The van der Waals surface area contributed by atoms with Crippen LogP contribution in [0.1, 0.15) is 5.56 Å². The molecule has 0 bridgehead atoms. The summed E-state index contributed by atoms with van der Waals surface area (Å²) in [4.78, 5) is 4.81. The molecule has 0 saturated carbocycles. The molecule has 0 radical (unpaired) electrons. The first-order valence-corrected chi connectivity index (χ1v) is 15.2. The molecule has 0 aromatic heterocycles. The molecule has 2 nitrogen and oxygen atoms in total. The summed E-state index contributed by atoms with van der Waals surface area (Å²) in [6.45, 7) is 0.741. The zero-order valence-corrected chi connectivity index (χ0v) is 24.7. The van der Waals surface area contributed by atoms with E-state index >= 15 is 0 Å². The summed E-state index contributed by atoms with van der Waals surface area (Å²) in [5.74, 6) is 0. The lowest BCUT2D eigenvalue weighted by Crippen LogP contribution is -2.17. The summed E-state index contributed by atoms with van der Waals surface area (Å²) < 4.78 is 0. The highest BCUT2D eigenvalue weighted by atomic mass is 15.1. The van der Waals surface area contributed by atoms with Gasteiger partial charge in [-0.25, -0.2) is 0 Å². The summed E-state index contributed by atoms with van der Waals surface area (Å²) in [5, 5.41) is 10.1. The van der Waals surface area contributed by atoms with Crippen LogP contribution >= 0.6 is 0 Å². The van der Waals surface area contributed by atoms with Crippen LogP contribution in [0.5, 0.6) is 0 Å². The molecule has 8 aromatic rings. The standard InChI is InChI=1S/C42H32N2/c1-43(40-26-12-16-30-14-5-8-21-36(30)40)41-27-13-24-35-32(17-11-25-38(35)41)29-44(33-18-3-2-4-19-33)42-28-31-15-6-7-20-34(31)37-22-9-10-23-39(37)42/h2-28H,29H2,1H3. The molecule has 0 saturated heterocycles. The van der Waals surface area contributed by atoms with E-state index in [0.29, 0.717) is 0 Å². The first-order chi connectivity index (χ1) is 21.8. The molecule has 0 aliphatic carbocycles. The summed E-state index contributed by atoms with van der Waals surface area (Å²) in [5.41, 5.74) is 6.08. The Morgan fingerprint density at radius 1 is 0.386 bits per heavy atom. The maximum atomic E-state index is 2.48. The second kappa shape index (κ2) is 10.9. The Labute approximate surface area is 258 Å². The van der Waals surface area contributed by atoms with E-state index in [1.54, 1.807) is 0 Å². The van der Waals surface area contributed by atoms with E-state index in [0.717, 1.165) is 6.54 Å². The van der Waals surface area contributed by atoms with Gasteiger partial charge in [-0.2, -0.15) is 0 Å². The number of para-hydroxylation sites is 1. The zero-order valence-electron chi connectivity index (χ0n) is 24.7. The van der Waals surface area contributed by atoms with Crippen LogP contribution in [0.2, 0.25) is 0 Å². The lowest BCUT2D eigenvalue weighted by molar-refractivity contribution is 0.991. The molecule has 0 atom stereocenters. The number of nitrogens with zero attached hydrogens (tertiary/aromatic N) is 2. The molecule has 0 spiro atoms. The molecule has 0 aliphatic heterocycles. The molecule has 0 amide bonds. The third-order valence-corrected chi connectivity index (χ3v) is 8.91. The predicted molar refractivity (Wildman–Crippen MR) is 190 cm³/mol. The first-order valence-electron chi connectivity index (χ1n) is 15.2. The Hall–Kier alpha value is -5.60. The van der Waals surface area contributed by atoms with Gasteiger partial charge >= 0.3 is 0 Å². The summed E-state index contributed by atoms with van der Waals surface area (Å²) in [6, 6.07) is 59.3. The van der Waals surface area contributed by atoms with Gasteiger partial charge in [0.15, 0.2) is 0 Å². The van der Waals surface area contributed by atoms with Crippen LogP contribution in [0.25, 0.3) is 43.1 Å². The fourth-order valence-electron chi connectivity index (χ4n) is 6.77. The minimum absolute atomic E-state index is 0.741. The quantitative estimate of drug-likeness (QED) is 0.185. The number of hydrogen-bond acceptors (Lipinski definition) is 2. The Morgan fingerprint density at radius 2 is 0.909 bits per heavy atom. The largest absolute Gasteiger partial charge is 0.344 e. The van der Waals surface area contributed by atoms with Gasteiger partial charge in [0.1, 0.15) is 0 Å². The van der Waals surface area contributed by atoms with E-state index < -0.39 is 0 Å². The van der Waals surface area contributed by atoms with Gasteiger partial charge in [0.2, 0.25) is 0 Å². The van der Waals surface area contributed by atoms with Crippen LogP contribution in [-0.2, 0) is 6.54 Å². The molecular weight excluding hydrogens is 532 g/mol. The SMILES string of the molecule is CN(c1cccc2ccccc12)c1cccc2c(CN(c3ccccc3)c3cc4ccccc4c4ccccc34)cccc12. The molecular formula is C42H32N2. The third-order valence-electron chi connectivity index (χ3n) is 8.91. The Bertz CT molecular complexity index is 2280. The van der Waals surface area contributed by atoms with Crippen molar-refractivity contribution in [1.82, 2.24) is 0 Å². The van der Waals surface area contributed by atoms with Gasteiger partial charge in [-0.3, -0.25) is 0 Å². The third kappa shape index (κ3) is 4.44. The van der Waals surface area contributed by atoms with E-state index in [9.17, 15) is 0 Å². The average molecular weight is 565 g/mol. The monoisotopic (exact) mass is 564 g/mol. The summed E-state index contributed by atoms with van der Waals surface area (Å²) in [7, 11) is 2.18. The highest BCUT2D eigenvalue weighted by Gasteiger charge is 2.18. The molecule has 0 unspecified atom stereocenters. The molecule has 8 rings (SSSR count). The van der Waals surface area contributed by atoms with Crippen molar-refractivity contribution in [3.8, 4) is 0 Å². The lowest BCUT2D eigenvalue weighted by atomic mass is 9.98. The van der Waals surface area contributed by atoms with Crippen LogP contribution < -0.4 is 9.80 Å². The van der Waals surface area contributed by atoms with Crippen LogP contribution in [-0.4, -0.2) is 7.05 Å². The normalized spacial score (nSPS) is 11.4. The topological polar surface area (TPSA) is 6.48 Å². The van der Waals surface area contributed by atoms with E-state index in [1.807, 2.05) is 0 Å². The Morgan fingerprint density at radius 3 is 1.73 bits per heavy atom. The van der Waals surface area contributed by atoms with Crippen molar-refractivity contribution in [2.45, 2.75) is 6.54 Å². The second-order valence-corrected chi connectivity index (χ2v) is 11.4. The fourth-order valence-corrected chi connectivity index (χ4v) is 6.77. The van der Waals surface area contributed by atoms with Gasteiger partial charge in [-0.15, -0.1) is 0 Å². The highest BCUT2D eigenvalue weighted by molar-refractivity contribution is 6.13. The van der Waals surface area contributed by atoms with Crippen LogP contribution in [0, 0.1) is 0 Å². The highest BCUT2D eigenvalue weighted by Crippen LogP contribution is 2.40. The molecule has 0 fully saturated rings. The number of fused-ring (bicyclic) bond motifs is 5. The molecule has 8 aromatic carbocycles. The minimum Gasteiger partial charge on any atom is -0.344 e. The summed E-state index contributed by atoms with van der Waals surface area (Å²) in [6.07, 6.45) is 0. The molecule has 0 aliphatic rings. The molecule has 44 heavy (non-hydrogen) atoms. The van der Waals surface area contributed by atoms with Gasteiger partial charge in [-0.05, 0) is 62.8 Å². The Balaban J connectivity index is 1.29. The Kier molecular flexibility index (Phi) is 6.46. The first kappa shape index (κ1) is 26.1. The lowest BCUT2D eigenvalue weighted by Gasteiger charge is -2.28. The maximum absolute atomic E-state index is 2.48. The van der Waals surface area contributed by atoms with Crippen molar-refractivity contribution in [1.29, 1.82) is 0 Å². The van der Waals surface area contributed by atoms with Gasteiger partial charge in [0, 0.05) is 52.5 Å². The van der Waals surface area contributed by atoms with Crippen LogP contribution in [0.4, 0.5) is 22.7 Å². The van der Waals surface area contributed by atoms with Gasteiger partial charge < -0.3 is 9.80 Å². The van der Waals surface area contributed by atoms with Gasteiger partial charge in [0.25, 0.3) is 0 Å². The number of hydrogen-bond donors (Lipinski definition) is 0. The number of benzene rings is 8. The summed E-state index contributed by atoms with van der Waals surface area (Å²) >= 11 is 0. The van der Waals surface area contributed by atoms with E-state index in [-0.39, 0.29) is 0 Å². The van der Waals surface area contributed by atoms with Crippen molar-refractivity contribution in [3.63, 3.8) is 0 Å². The number of anilines is 4. The van der Waals surface area contributed by atoms with E-state index in [2.05, 4.69) is 181 Å². The van der Waals surface area contributed by atoms with Crippen molar-refractivity contribution < 1.29 is 0 Å². The van der Waals surface area contributed by atoms with Crippen molar-refractivity contribution in [2.75, 3.05) is 16.8 Å². The van der Waals surface area contributed by atoms with E-state index in [4.69, 9.17) is 0 Å². The van der Waals surface area contributed by atoms with Gasteiger partial charge in [0.05, 0.1) is 0 Å². The molecule has 0 heterocycles. The van der Waals surface area contributed by atoms with Crippen molar-refractivity contribution in [2.24, 2.45) is 0 Å². The van der Waals surface area contributed by atoms with Crippen LogP contribution in [0.15, 0.2) is 164 Å². The number of rotatable bonds is 6. The molecule has 2 heteroatoms. The molecule has 0 N–H and O–H groups in total. The fraction of sp³-hybridized carbons (Fsp3) is 0.0476. The molecule has 210 valence electrons. The van der Waals surface area contributed by atoms with Gasteiger partial charge in [-0.1, -0.05) is 133 Å². The van der Waals surface area contributed by atoms with Crippen LogP contribution in [0.3, 0.4) is 0 Å². The second-order valence-electron chi connectivity index (χ2n) is 11.4. The van der Waals surface area contributed by atoms with Crippen molar-refractivity contribution >= 4 is 65.8 Å². The zero-order chi connectivity index (χ0) is 29.5. The smallest absolute Gasteiger partial charge is 0.0500 e. The predicted octanol–water partition coefficient (Wildman–Crippen LogP) is 11.4. The maximum Gasteiger partial charge on any atom is 0.0500 e. The van der Waals surface area contributed by atoms with E-state index in [1.165, 1.54) is 71.4 Å².